The van der Waals surface area contributed by atoms with E-state index in [9.17, 15) is 0 Å². The second-order valence-electron chi connectivity index (χ2n) is 0.499. The molecule has 1 rings (SSSR count). The fourth-order valence-corrected chi connectivity index (χ4v) is 0.0248. The third kappa shape index (κ3) is 28.2. The molecule has 1 aliphatic rings. The normalized spacial score (nSPS) is 9.67. The molecule has 1 fully saturated rings. The maximum absolute atomic E-state index is 7.72. The molecule has 7 nitrogen and oxygen atoms in total. The first-order valence-corrected chi connectivity index (χ1v) is 0.896. The molecule has 9 N–H and O–H groups in total. The molecule has 0 spiro atoms. The van der Waals surface area contributed by atoms with Gasteiger partial charge < -0.3 is 28.4 Å². The van der Waals surface area contributed by atoms with Gasteiger partial charge in [-0.25, -0.2) is 9.61 Å². The van der Waals surface area contributed by atoms with E-state index >= 15 is 0 Å². The van der Waals surface area contributed by atoms with Crippen LogP contribution in [0.1, 0.15) is 1.43 Å². The molecule has 0 unspecified atom stereocenters. The third-order valence-corrected chi connectivity index (χ3v) is 0.182. The van der Waals surface area contributed by atoms with E-state index in [1.807, 2.05) is 0 Å². The minimum absolute atomic E-state index is 0. The van der Waals surface area contributed by atoms with Crippen LogP contribution < -0.4 is 29.6 Å². The summed E-state index contributed by atoms with van der Waals surface area (Å²) in [6, 6.07) is 0. The molecule has 0 aromatic rings. The van der Waals surface area contributed by atoms with Crippen LogP contribution in [0.15, 0.2) is 0 Å². The first kappa shape index (κ1) is 33.0. The monoisotopic (exact) mass is 156 g/mol. The minimum atomic E-state index is -0.917. The minimum Gasteiger partial charge on any atom is -1.00 e. The summed E-state index contributed by atoms with van der Waals surface area (Å²) in [6.45, 7) is 0. The number of hydrogen-bond donors (Lipinski definition) is 1. The summed E-state index contributed by atoms with van der Waals surface area (Å²) in [5, 5.41) is 7.72. The quantitative estimate of drug-likeness (QED) is 0.209. The number of hydrogen-bond acceptors (Lipinski definition) is 3. The van der Waals surface area contributed by atoms with Gasteiger partial charge in [0.2, 0.25) is 0 Å². The molecule has 0 atom stereocenters. The Labute approximate surface area is 75.1 Å². The summed E-state index contributed by atoms with van der Waals surface area (Å²) < 4.78 is 0. The zero-order valence-corrected chi connectivity index (χ0v) is 6.84. The molecule has 0 aliphatic carbocycles. The van der Waals surface area contributed by atoms with Crippen molar-refractivity contribution < 1.29 is 67.5 Å². The average Bonchev–Trinajstić information content (AvgIpc) is 1.75. The molecule has 0 radical (unpaired) electrons. The number of rotatable bonds is 0. The fourth-order valence-electron chi connectivity index (χ4n) is 0.0248. The van der Waals surface area contributed by atoms with E-state index in [1.165, 1.54) is 0 Å². The molecule has 9 heteroatoms. The van der Waals surface area contributed by atoms with Crippen LogP contribution in [0.3, 0.4) is 0 Å². The van der Waals surface area contributed by atoms with Crippen LogP contribution in [0, 0.1) is 0 Å². The molecule has 0 aromatic carbocycles. The summed E-state index contributed by atoms with van der Waals surface area (Å²) in [5.41, 5.74) is 0. The van der Waals surface area contributed by atoms with E-state index in [0.717, 1.165) is 0 Å². The van der Waals surface area contributed by atoms with Crippen LogP contribution in [0.4, 0.5) is 0 Å². The predicted octanol–water partition coefficient (Wildman–Crippen LogP) is -7.26. The zero-order chi connectivity index (χ0) is 2.99. The van der Waals surface area contributed by atoms with Gasteiger partial charge in [-0.3, -0.25) is 0 Å². The van der Waals surface area contributed by atoms with Gasteiger partial charge in [0.05, 0.1) is 0 Å². The molecule has 56 valence electrons. The Hall–Kier alpha value is 0.785. The van der Waals surface area contributed by atoms with Crippen molar-refractivity contribution in [2.75, 3.05) is 0 Å². The van der Waals surface area contributed by atoms with Crippen molar-refractivity contribution in [2.24, 2.45) is 0 Å². The van der Waals surface area contributed by atoms with Gasteiger partial charge in [0.15, 0.2) is 0 Å². The van der Waals surface area contributed by atoms with E-state index < -0.39 is 7.32 Å². The van der Waals surface area contributed by atoms with E-state index in [-0.39, 0.29) is 52.9 Å². The van der Waals surface area contributed by atoms with Gasteiger partial charge in [0.25, 0.3) is 0 Å². The SMILES string of the molecule is O.O.O.O.OB1OO1.[H-].[Na+]. The summed E-state index contributed by atoms with van der Waals surface area (Å²) in [7, 11) is -0.917. The molecule has 1 aliphatic heterocycles. The van der Waals surface area contributed by atoms with E-state index in [4.69, 9.17) is 5.02 Å². The van der Waals surface area contributed by atoms with Crippen LogP contribution in [0.2, 0.25) is 0 Å². The van der Waals surface area contributed by atoms with Crippen LogP contribution >= 0.6 is 0 Å². The van der Waals surface area contributed by atoms with Crippen molar-refractivity contribution in [2.45, 2.75) is 0 Å². The molecule has 0 bridgehead atoms. The van der Waals surface area contributed by atoms with E-state index in [1.54, 1.807) is 0 Å². The molecular formula is H10BNaO7. The van der Waals surface area contributed by atoms with Gasteiger partial charge in [-0.15, -0.1) is 0 Å². The maximum Gasteiger partial charge on any atom is 1.00 e. The van der Waals surface area contributed by atoms with Crippen LogP contribution in [-0.4, -0.2) is 34.3 Å². The van der Waals surface area contributed by atoms with Crippen molar-refractivity contribution in [3.05, 3.63) is 0 Å². The van der Waals surface area contributed by atoms with Crippen molar-refractivity contribution in [1.82, 2.24) is 0 Å². The average molecular weight is 156 g/mol. The molecule has 0 saturated carbocycles. The third-order valence-electron chi connectivity index (χ3n) is 0.182. The summed E-state index contributed by atoms with van der Waals surface area (Å²) in [4.78, 5) is 7.53. The van der Waals surface area contributed by atoms with E-state index in [2.05, 4.69) is 9.61 Å². The summed E-state index contributed by atoms with van der Waals surface area (Å²) in [5.74, 6) is 0. The Morgan fingerprint density at radius 2 is 1.11 bits per heavy atom. The first-order chi connectivity index (χ1) is 1.89. The second kappa shape index (κ2) is 15.9. The maximum atomic E-state index is 7.72. The smallest absolute Gasteiger partial charge is 1.00 e. The Kier molecular flexibility index (Phi) is 58.3. The molecular weight excluding hydrogens is 146 g/mol. The largest absolute Gasteiger partial charge is 1.00 e. The van der Waals surface area contributed by atoms with Gasteiger partial charge in [-0.2, -0.15) is 0 Å². The molecule has 0 amide bonds. The Morgan fingerprint density at radius 1 is 1.00 bits per heavy atom. The molecule has 1 heterocycles. The summed E-state index contributed by atoms with van der Waals surface area (Å²) >= 11 is 0. The van der Waals surface area contributed by atoms with Gasteiger partial charge in [0.1, 0.15) is 0 Å². The van der Waals surface area contributed by atoms with Gasteiger partial charge in [-0.05, 0) is 0 Å². The second-order valence-corrected chi connectivity index (χ2v) is 0.499. The summed E-state index contributed by atoms with van der Waals surface area (Å²) in [6.07, 6.45) is 0. The van der Waals surface area contributed by atoms with Crippen molar-refractivity contribution in [1.29, 1.82) is 0 Å². The van der Waals surface area contributed by atoms with Gasteiger partial charge >= 0.3 is 36.9 Å². The van der Waals surface area contributed by atoms with Crippen LogP contribution in [0.25, 0.3) is 0 Å². The Balaban J connectivity index is -0.00000000667. The zero-order valence-electron chi connectivity index (χ0n) is 5.84. The van der Waals surface area contributed by atoms with Crippen molar-refractivity contribution >= 4 is 7.32 Å². The fraction of sp³-hybridized carbons (Fsp3) is 0. The Bertz CT molecular complexity index is 32.8. The van der Waals surface area contributed by atoms with Gasteiger partial charge in [-0.1, -0.05) is 0 Å². The predicted molar refractivity (Wildman–Crippen MR) is 25.7 cm³/mol. The van der Waals surface area contributed by atoms with Crippen LogP contribution in [-0.2, 0) is 9.61 Å². The van der Waals surface area contributed by atoms with Crippen molar-refractivity contribution in [3.8, 4) is 0 Å². The molecule has 1 saturated heterocycles. The van der Waals surface area contributed by atoms with E-state index in [0.29, 0.717) is 0 Å². The van der Waals surface area contributed by atoms with Crippen LogP contribution in [0.5, 0.6) is 0 Å². The Morgan fingerprint density at radius 3 is 1.11 bits per heavy atom. The van der Waals surface area contributed by atoms with Gasteiger partial charge in [0, 0.05) is 0 Å². The first-order valence-electron chi connectivity index (χ1n) is 0.896. The molecule has 0 aromatic heterocycles. The standard InChI is InChI=1S/BHO3.Na.4H2O.H/c2-1-3-4-1;;;;;;/h2H;;4*1H2;/q;+1;;;;;-1. The molecule has 9 heavy (non-hydrogen) atoms. The van der Waals surface area contributed by atoms with Crippen molar-refractivity contribution in [3.63, 3.8) is 0 Å². The topological polar surface area (TPSA) is 171 Å².